The lowest BCUT2D eigenvalue weighted by molar-refractivity contribution is -0.122. The third-order valence-electron chi connectivity index (χ3n) is 7.16. The van der Waals surface area contributed by atoms with Crippen molar-refractivity contribution in [3.8, 4) is 0 Å². The van der Waals surface area contributed by atoms with Crippen LogP contribution in [0.4, 0.5) is 5.69 Å². The first-order chi connectivity index (χ1) is 19.3. The summed E-state index contributed by atoms with van der Waals surface area (Å²) in [5, 5.41) is 29.3. The minimum atomic E-state index is -1.31. The van der Waals surface area contributed by atoms with Crippen molar-refractivity contribution in [1.82, 2.24) is 30.2 Å². The summed E-state index contributed by atoms with van der Waals surface area (Å²) in [6.07, 6.45) is 1.55. The molecule has 40 heavy (non-hydrogen) atoms. The highest BCUT2D eigenvalue weighted by atomic mass is 16.6. The number of carbonyl (C=O) groups is 3. The molecule has 1 saturated heterocycles. The van der Waals surface area contributed by atoms with Crippen molar-refractivity contribution in [2.45, 2.75) is 69.6 Å². The van der Waals surface area contributed by atoms with Crippen LogP contribution in [0.3, 0.4) is 0 Å². The normalized spacial score (nSPS) is 21.8. The summed E-state index contributed by atoms with van der Waals surface area (Å²) in [5.41, 5.74) is 1.90. The van der Waals surface area contributed by atoms with Crippen molar-refractivity contribution in [3.05, 3.63) is 52.3 Å². The highest BCUT2D eigenvalue weighted by Gasteiger charge is 2.44. The van der Waals surface area contributed by atoms with Crippen LogP contribution in [0.2, 0.25) is 0 Å². The van der Waals surface area contributed by atoms with Crippen LogP contribution in [0, 0.1) is 0 Å². The van der Waals surface area contributed by atoms with Crippen molar-refractivity contribution in [2.24, 2.45) is 0 Å². The topological polar surface area (TPSA) is 201 Å². The first kappa shape index (κ1) is 27.4. The molecule has 14 nitrogen and oxygen atoms in total. The molecule has 14 heteroatoms. The molecule has 3 aromatic rings. The summed E-state index contributed by atoms with van der Waals surface area (Å²) in [4.78, 5) is 58.8. The van der Waals surface area contributed by atoms with Gasteiger partial charge in [-0.1, -0.05) is 18.9 Å². The molecule has 4 atom stereocenters. The standard InChI is InChI=1S/C26H31N7O7/c34-18(8-3-1-2-4-9-19(35)32-16-7-5-6-14-15(16)10-28-24(14)38)27-11-17-21(36)22(37)26(40-17)33-13-31-20-23(33)29-12-30-25(20)39/h5-7,12-13,17,21-22,26,36-37H,1-4,8-11H2,(H,27,34)(H,28,38)(H,32,35)(H,29,30,39)/t17-,21-,22-,26?/m1/s1. The van der Waals surface area contributed by atoms with Crippen LogP contribution in [-0.2, 0) is 20.9 Å². The van der Waals surface area contributed by atoms with E-state index in [-0.39, 0.29) is 41.9 Å². The van der Waals surface area contributed by atoms with Gasteiger partial charge < -0.3 is 35.9 Å². The van der Waals surface area contributed by atoms with Crippen LogP contribution in [0.25, 0.3) is 11.2 Å². The minimum Gasteiger partial charge on any atom is -0.387 e. The van der Waals surface area contributed by atoms with Crippen molar-refractivity contribution in [1.29, 1.82) is 0 Å². The lowest BCUT2D eigenvalue weighted by atomic mass is 10.1. The number of benzene rings is 1. The van der Waals surface area contributed by atoms with Gasteiger partial charge in [-0.05, 0) is 25.0 Å². The molecule has 0 saturated carbocycles. The van der Waals surface area contributed by atoms with E-state index in [1.165, 1.54) is 17.2 Å². The number of imidazole rings is 1. The molecule has 2 aromatic heterocycles. The first-order valence-corrected chi connectivity index (χ1v) is 13.2. The maximum Gasteiger partial charge on any atom is 0.278 e. The van der Waals surface area contributed by atoms with Gasteiger partial charge in [-0.3, -0.25) is 23.7 Å². The van der Waals surface area contributed by atoms with Crippen molar-refractivity contribution < 1.29 is 29.3 Å². The largest absolute Gasteiger partial charge is 0.387 e. The molecule has 0 spiro atoms. The van der Waals surface area contributed by atoms with Gasteiger partial charge in [0.15, 0.2) is 17.4 Å². The van der Waals surface area contributed by atoms with Gasteiger partial charge >= 0.3 is 0 Å². The fourth-order valence-corrected chi connectivity index (χ4v) is 4.99. The molecule has 0 aliphatic carbocycles. The van der Waals surface area contributed by atoms with E-state index in [1.54, 1.807) is 18.2 Å². The molecule has 2 aliphatic heterocycles. The number of rotatable bonds is 11. The van der Waals surface area contributed by atoms with Gasteiger partial charge in [0, 0.05) is 42.7 Å². The number of hydrogen-bond acceptors (Lipinski definition) is 9. The Balaban J connectivity index is 0.989. The van der Waals surface area contributed by atoms with Gasteiger partial charge in [0.05, 0.1) is 12.7 Å². The van der Waals surface area contributed by atoms with Crippen LogP contribution in [-0.4, -0.2) is 72.3 Å². The second kappa shape index (κ2) is 11.9. The number of hydrogen-bond donors (Lipinski definition) is 6. The predicted octanol–water partition coefficient (Wildman–Crippen LogP) is 0.0777. The van der Waals surface area contributed by atoms with E-state index in [0.717, 1.165) is 18.4 Å². The van der Waals surface area contributed by atoms with E-state index in [9.17, 15) is 29.4 Å². The maximum absolute atomic E-state index is 12.3. The van der Waals surface area contributed by atoms with E-state index in [0.29, 0.717) is 37.1 Å². The summed E-state index contributed by atoms with van der Waals surface area (Å²) in [6.45, 7) is 0.403. The molecule has 0 radical (unpaired) electrons. The molecule has 6 N–H and O–H groups in total. The van der Waals surface area contributed by atoms with Crippen LogP contribution >= 0.6 is 0 Å². The van der Waals surface area contributed by atoms with E-state index in [4.69, 9.17) is 4.74 Å². The smallest absolute Gasteiger partial charge is 0.278 e. The van der Waals surface area contributed by atoms with Crippen molar-refractivity contribution in [3.63, 3.8) is 0 Å². The molecular formula is C26H31N7O7. The number of aliphatic hydroxyl groups excluding tert-OH is 2. The fourth-order valence-electron chi connectivity index (χ4n) is 4.99. The number of aromatic nitrogens is 4. The van der Waals surface area contributed by atoms with Gasteiger partial charge in [0.25, 0.3) is 11.5 Å². The number of nitrogens with one attached hydrogen (secondary N) is 4. The molecule has 5 rings (SSSR count). The third kappa shape index (κ3) is 5.73. The summed E-state index contributed by atoms with van der Waals surface area (Å²) < 4.78 is 7.16. The Labute approximate surface area is 228 Å². The number of unbranched alkanes of at least 4 members (excludes halogenated alkanes) is 3. The molecule has 0 bridgehead atoms. The summed E-state index contributed by atoms with van der Waals surface area (Å²) in [7, 11) is 0. The van der Waals surface area contributed by atoms with Crippen LogP contribution < -0.4 is 21.5 Å². The maximum atomic E-state index is 12.3. The van der Waals surface area contributed by atoms with Crippen LogP contribution in [0.1, 0.15) is 60.7 Å². The minimum absolute atomic E-state index is 0.00131. The van der Waals surface area contributed by atoms with Gasteiger partial charge in [0.1, 0.15) is 18.3 Å². The summed E-state index contributed by atoms with van der Waals surface area (Å²) in [6, 6.07) is 5.26. The summed E-state index contributed by atoms with van der Waals surface area (Å²) >= 11 is 0. The SMILES string of the molecule is O=C(CCCCCCC(=O)Nc1cccc2c1CNC2=O)NC[C@H]1OC(n2cnc3c(=O)[nH]cnc32)[C@H](O)[C@@H]1O. The molecule has 2 aliphatic rings. The number of anilines is 1. The zero-order valence-electron chi connectivity index (χ0n) is 21.6. The van der Waals surface area contributed by atoms with E-state index < -0.39 is 30.1 Å². The number of H-pyrrole nitrogens is 1. The lowest BCUT2D eigenvalue weighted by Gasteiger charge is -2.16. The molecule has 1 fully saturated rings. The lowest BCUT2D eigenvalue weighted by Crippen LogP contribution is -2.39. The van der Waals surface area contributed by atoms with Gasteiger partial charge in [0.2, 0.25) is 11.8 Å². The Kier molecular flexibility index (Phi) is 8.19. The predicted molar refractivity (Wildman–Crippen MR) is 141 cm³/mol. The molecule has 3 amide bonds. The Morgan fingerprint density at radius 3 is 2.62 bits per heavy atom. The number of ether oxygens (including phenoxy) is 1. The van der Waals surface area contributed by atoms with Crippen molar-refractivity contribution in [2.75, 3.05) is 11.9 Å². The van der Waals surface area contributed by atoms with E-state index in [2.05, 4.69) is 30.9 Å². The first-order valence-electron chi connectivity index (χ1n) is 13.2. The second-order valence-corrected chi connectivity index (χ2v) is 9.88. The molecule has 1 aromatic carbocycles. The zero-order chi connectivity index (χ0) is 28.2. The third-order valence-corrected chi connectivity index (χ3v) is 7.16. The number of aliphatic hydroxyl groups is 2. The average molecular weight is 554 g/mol. The van der Waals surface area contributed by atoms with Crippen LogP contribution in [0.5, 0.6) is 0 Å². The average Bonchev–Trinajstić information content (AvgIpc) is 3.62. The van der Waals surface area contributed by atoms with Gasteiger partial charge in [-0.25, -0.2) is 9.97 Å². The Morgan fingerprint density at radius 2 is 1.82 bits per heavy atom. The van der Waals surface area contributed by atoms with E-state index >= 15 is 0 Å². The Hall–Kier alpha value is -4.14. The molecular weight excluding hydrogens is 522 g/mol. The number of carbonyl (C=O) groups excluding carboxylic acids is 3. The van der Waals surface area contributed by atoms with Gasteiger partial charge in [-0.15, -0.1) is 0 Å². The monoisotopic (exact) mass is 553 g/mol. The Bertz CT molecular complexity index is 1470. The van der Waals surface area contributed by atoms with Gasteiger partial charge in [-0.2, -0.15) is 0 Å². The number of nitrogens with zero attached hydrogens (tertiary/aromatic N) is 3. The Morgan fingerprint density at radius 1 is 1.05 bits per heavy atom. The summed E-state index contributed by atoms with van der Waals surface area (Å²) in [5.74, 6) is -0.468. The van der Waals surface area contributed by atoms with E-state index in [1.807, 2.05) is 0 Å². The molecule has 212 valence electrons. The number of aromatic amines is 1. The molecule has 1 unspecified atom stereocenters. The zero-order valence-corrected chi connectivity index (χ0v) is 21.6. The highest BCUT2D eigenvalue weighted by Crippen LogP contribution is 2.30. The highest BCUT2D eigenvalue weighted by molar-refractivity contribution is 6.02. The fraction of sp³-hybridized carbons (Fsp3) is 0.462. The second-order valence-electron chi connectivity index (χ2n) is 9.88. The molecule has 4 heterocycles. The van der Waals surface area contributed by atoms with Crippen molar-refractivity contribution >= 4 is 34.6 Å². The number of amides is 3. The number of fused-ring (bicyclic) bond motifs is 2. The van der Waals surface area contributed by atoms with Crippen LogP contribution in [0.15, 0.2) is 35.6 Å². The quantitative estimate of drug-likeness (QED) is 0.178.